The number of piperazine rings is 1. The quantitative estimate of drug-likeness (QED) is 0.220. The van der Waals surface area contributed by atoms with Crippen molar-refractivity contribution < 1.29 is 19.7 Å². The average molecular weight is 529 g/mol. The number of hydrogen-bond acceptors (Lipinski definition) is 11. The molecule has 1 amide bonds. The van der Waals surface area contributed by atoms with E-state index in [9.17, 15) is 29.4 Å². The lowest BCUT2D eigenvalue weighted by Gasteiger charge is -2.27. The minimum absolute atomic E-state index is 0.140. The van der Waals surface area contributed by atoms with Gasteiger partial charge in [-0.2, -0.15) is 4.98 Å². The van der Waals surface area contributed by atoms with E-state index in [4.69, 9.17) is 4.74 Å². The Bertz CT molecular complexity index is 1530. The summed E-state index contributed by atoms with van der Waals surface area (Å²) >= 11 is 0. The van der Waals surface area contributed by atoms with Crippen LogP contribution in [0.4, 0.5) is 5.95 Å². The van der Waals surface area contributed by atoms with Crippen LogP contribution in [0, 0.1) is 0 Å². The van der Waals surface area contributed by atoms with Gasteiger partial charge in [-0.25, -0.2) is 9.78 Å². The molecule has 4 atom stereocenters. The van der Waals surface area contributed by atoms with Crippen molar-refractivity contribution in [3.63, 3.8) is 0 Å². The first-order chi connectivity index (χ1) is 18.3. The molecule has 5 N–H and O–H groups in total. The molecule has 0 aromatic carbocycles. The number of carbonyl (C=O) groups is 1. The Hall–Kier alpha value is -3.92. The zero-order valence-corrected chi connectivity index (χ0v) is 20.5. The van der Waals surface area contributed by atoms with E-state index in [2.05, 4.69) is 20.6 Å². The van der Waals surface area contributed by atoms with Crippen LogP contribution in [0.2, 0.25) is 0 Å². The summed E-state index contributed by atoms with van der Waals surface area (Å²) in [5, 5.41) is 26.8. The number of hydrogen-bond donors (Lipinski definition) is 5. The lowest BCUT2D eigenvalue weighted by atomic mass is 10.1. The molecule has 3 aromatic heterocycles. The number of aliphatic hydroxyl groups is 2. The van der Waals surface area contributed by atoms with E-state index in [0.29, 0.717) is 18.1 Å². The van der Waals surface area contributed by atoms with Gasteiger partial charge in [0.2, 0.25) is 11.4 Å². The van der Waals surface area contributed by atoms with Gasteiger partial charge in [-0.3, -0.25) is 23.9 Å². The Morgan fingerprint density at radius 2 is 1.97 bits per heavy atom. The summed E-state index contributed by atoms with van der Waals surface area (Å²) in [6.07, 6.45) is -1.32. The van der Waals surface area contributed by atoms with Crippen LogP contribution >= 0.6 is 0 Å². The van der Waals surface area contributed by atoms with Gasteiger partial charge < -0.3 is 35.1 Å². The predicted octanol–water partition coefficient (Wildman–Crippen LogP) is -2.88. The van der Waals surface area contributed by atoms with Crippen LogP contribution < -0.4 is 32.2 Å². The Morgan fingerprint density at radius 1 is 1.21 bits per heavy atom. The third kappa shape index (κ3) is 4.71. The molecule has 2 fully saturated rings. The fourth-order valence-electron chi connectivity index (χ4n) is 4.63. The lowest BCUT2D eigenvalue weighted by Crippen LogP contribution is -2.44. The molecule has 5 heterocycles. The molecule has 0 radical (unpaired) electrons. The van der Waals surface area contributed by atoms with Gasteiger partial charge in [0.1, 0.15) is 29.5 Å². The molecule has 2 saturated heterocycles. The average Bonchev–Trinajstić information content (AvgIpc) is 3.20. The van der Waals surface area contributed by atoms with Crippen LogP contribution in [-0.2, 0) is 11.3 Å². The van der Waals surface area contributed by atoms with Crippen molar-refractivity contribution in [1.29, 1.82) is 0 Å². The van der Waals surface area contributed by atoms with E-state index in [1.807, 2.05) is 16.8 Å². The first-order valence-electron chi connectivity index (χ1n) is 12.3. The standard InChI is InChI=1S/C23H28N8O7/c1-2-29-11-13(16(33)12-9-26-22(28-19(12)29)30-7-4-24-5-8-30)20(36)25-10-14-17(34)18(35)21(38-14)31-6-3-15(32)27-23(31)37/h3,6,9,11,14,17-18,21,24,34-35H,2,4-5,7-8,10H2,1H3,(H,25,36)(H,27,32,37)/t14-,17-,18+,21-/m1/s1. The van der Waals surface area contributed by atoms with Gasteiger partial charge in [0, 0.05) is 63.9 Å². The highest BCUT2D eigenvalue weighted by Gasteiger charge is 2.44. The van der Waals surface area contributed by atoms with E-state index in [1.54, 1.807) is 4.57 Å². The minimum atomic E-state index is -1.50. The van der Waals surface area contributed by atoms with Gasteiger partial charge in [-0.05, 0) is 6.92 Å². The van der Waals surface area contributed by atoms with Crippen molar-refractivity contribution in [2.24, 2.45) is 0 Å². The molecule has 15 nitrogen and oxygen atoms in total. The molecule has 5 rings (SSSR count). The normalized spacial score (nSPS) is 23.6. The first-order valence-corrected chi connectivity index (χ1v) is 12.3. The molecular formula is C23H28N8O7. The second-order valence-corrected chi connectivity index (χ2v) is 9.08. The fourth-order valence-corrected chi connectivity index (χ4v) is 4.63. The van der Waals surface area contributed by atoms with E-state index >= 15 is 0 Å². The third-order valence-electron chi connectivity index (χ3n) is 6.71. The summed E-state index contributed by atoms with van der Waals surface area (Å²) in [5.41, 5.74) is -1.71. The highest BCUT2D eigenvalue weighted by atomic mass is 16.6. The summed E-state index contributed by atoms with van der Waals surface area (Å²) in [7, 11) is 0. The summed E-state index contributed by atoms with van der Waals surface area (Å²) in [4.78, 5) is 62.6. The van der Waals surface area contributed by atoms with Gasteiger partial charge >= 0.3 is 5.69 Å². The van der Waals surface area contributed by atoms with E-state index in [1.165, 1.54) is 12.4 Å². The van der Waals surface area contributed by atoms with E-state index < -0.39 is 47.1 Å². The molecule has 2 aliphatic rings. The third-order valence-corrected chi connectivity index (χ3v) is 6.71. The summed E-state index contributed by atoms with van der Waals surface area (Å²) in [5.74, 6) is -0.194. The number of aryl methyl sites for hydroxylation is 1. The van der Waals surface area contributed by atoms with Crippen LogP contribution in [0.1, 0.15) is 23.5 Å². The zero-order chi connectivity index (χ0) is 27.0. The van der Waals surface area contributed by atoms with Crippen molar-refractivity contribution in [3.05, 3.63) is 61.3 Å². The molecule has 2 aliphatic heterocycles. The SMILES string of the molecule is CCn1cc(C(=O)NC[C@H]2O[C@@H](n3ccc(=O)[nH]c3=O)[C@@H](O)[C@@H]2O)c(=O)c2cnc(N3CCNCC3)nc21. The number of H-pyrrole nitrogens is 1. The predicted molar refractivity (Wildman–Crippen MR) is 134 cm³/mol. The molecule has 0 bridgehead atoms. The number of pyridine rings is 1. The highest BCUT2D eigenvalue weighted by molar-refractivity contribution is 5.96. The molecule has 15 heteroatoms. The molecule has 0 aliphatic carbocycles. The minimum Gasteiger partial charge on any atom is -0.387 e. The number of aromatic nitrogens is 5. The number of nitrogens with one attached hydrogen (secondary N) is 3. The number of carbonyl (C=O) groups excluding carboxylic acids is 1. The van der Waals surface area contributed by atoms with Crippen LogP contribution in [-0.4, -0.2) is 91.2 Å². The fraction of sp³-hybridized carbons (Fsp3) is 0.478. The van der Waals surface area contributed by atoms with E-state index in [0.717, 1.165) is 43.0 Å². The number of ether oxygens (including phenoxy) is 1. The number of amides is 1. The van der Waals surface area contributed by atoms with Crippen molar-refractivity contribution >= 4 is 22.9 Å². The number of aromatic amines is 1. The summed E-state index contributed by atoms with van der Waals surface area (Å²) in [6, 6.07) is 1.08. The molecule has 202 valence electrons. The Labute approximate surface area is 214 Å². The van der Waals surface area contributed by atoms with E-state index in [-0.39, 0.29) is 17.5 Å². The topological polar surface area (TPSA) is 197 Å². The van der Waals surface area contributed by atoms with Crippen LogP contribution in [0.5, 0.6) is 0 Å². The highest BCUT2D eigenvalue weighted by Crippen LogP contribution is 2.28. The maximum absolute atomic E-state index is 13.2. The largest absolute Gasteiger partial charge is 0.387 e. The van der Waals surface area contributed by atoms with Crippen molar-refractivity contribution in [2.45, 2.75) is 38.0 Å². The number of anilines is 1. The summed E-state index contributed by atoms with van der Waals surface area (Å²) in [6.45, 7) is 5.14. The van der Waals surface area contributed by atoms with Crippen LogP contribution in [0.15, 0.2) is 39.0 Å². The molecule has 3 aromatic rings. The monoisotopic (exact) mass is 528 g/mol. The Kier molecular flexibility index (Phi) is 7.07. The smallest absolute Gasteiger partial charge is 0.330 e. The van der Waals surface area contributed by atoms with Gasteiger partial charge in [0.15, 0.2) is 6.23 Å². The number of rotatable bonds is 6. The second kappa shape index (κ2) is 10.4. The van der Waals surface area contributed by atoms with Crippen molar-refractivity contribution in [2.75, 3.05) is 37.6 Å². The first kappa shape index (κ1) is 25.7. The molecule has 38 heavy (non-hydrogen) atoms. The second-order valence-electron chi connectivity index (χ2n) is 9.08. The Balaban J connectivity index is 1.35. The van der Waals surface area contributed by atoms with Gasteiger partial charge in [-0.15, -0.1) is 0 Å². The maximum Gasteiger partial charge on any atom is 0.330 e. The number of nitrogens with zero attached hydrogens (tertiary/aromatic N) is 5. The van der Waals surface area contributed by atoms with Gasteiger partial charge in [0.05, 0.1) is 5.39 Å². The van der Waals surface area contributed by atoms with Crippen LogP contribution in [0.3, 0.4) is 0 Å². The summed E-state index contributed by atoms with van der Waals surface area (Å²) < 4.78 is 8.25. The van der Waals surface area contributed by atoms with Gasteiger partial charge in [0.25, 0.3) is 11.5 Å². The van der Waals surface area contributed by atoms with Crippen molar-refractivity contribution in [3.8, 4) is 0 Å². The molecule has 0 unspecified atom stereocenters. The molecule has 0 spiro atoms. The number of fused-ring (bicyclic) bond motifs is 1. The van der Waals surface area contributed by atoms with Gasteiger partial charge in [-0.1, -0.05) is 0 Å². The van der Waals surface area contributed by atoms with Crippen LogP contribution in [0.25, 0.3) is 11.0 Å². The molecular weight excluding hydrogens is 500 g/mol. The Morgan fingerprint density at radius 3 is 2.68 bits per heavy atom. The zero-order valence-electron chi connectivity index (χ0n) is 20.5. The maximum atomic E-state index is 13.2. The van der Waals surface area contributed by atoms with Crippen molar-refractivity contribution in [1.82, 2.24) is 34.7 Å². The lowest BCUT2D eigenvalue weighted by molar-refractivity contribution is -0.0387. The molecule has 0 saturated carbocycles. The number of aliphatic hydroxyl groups excluding tert-OH is 2.